The molecular formula is C7H8F3N3. The van der Waals surface area contributed by atoms with Crippen molar-refractivity contribution >= 4 is 11.4 Å². The van der Waals surface area contributed by atoms with Gasteiger partial charge in [0.25, 0.3) is 0 Å². The zero-order valence-electron chi connectivity index (χ0n) is 6.52. The van der Waals surface area contributed by atoms with Crippen LogP contribution >= 0.6 is 0 Å². The fourth-order valence-corrected chi connectivity index (χ4v) is 0.922. The van der Waals surface area contributed by atoms with Crippen LogP contribution in [0.2, 0.25) is 0 Å². The first-order chi connectivity index (χ1) is 5.95. The number of nitrogen functional groups attached to an aromatic ring is 2. The molecule has 1 aromatic rings. The summed E-state index contributed by atoms with van der Waals surface area (Å²) >= 11 is 0. The molecule has 0 atom stereocenters. The molecule has 13 heavy (non-hydrogen) atoms. The van der Waals surface area contributed by atoms with Gasteiger partial charge in [-0.25, -0.2) is 0 Å². The van der Waals surface area contributed by atoms with Crippen molar-refractivity contribution in [1.29, 1.82) is 0 Å². The second-order valence-corrected chi connectivity index (χ2v) is 2.45. The molecule has 0 radical (unpaired) electrons. The zero-order valence-corrected chi connectivity index (χ0v) is 6.52. The van der Waals surface area contributed by atoms with Gasteiger partial charge in [0.1, 0.15) is 0 Å². The van der Waals surface area contributed by atoms with E-state index in [0.717, 1.165) is 6.07 Å². The number of nitrogens with one attached hydrogen (secondary N) is 1. The standard InChI is InChI=1S/C7H8F3N3/c8-7(9,10)5-3-4(11)1-2-6(5)13-12/h1-3,13H,11-12H2. The third-order valence-corrected chi connectivity index (χ3v) is 1.50. The minimum Gasteiger partial charge on any atom is -0.399 e. The predicted octanol–water partition coefficient (Wildman–Crippen LogP) is 1.57. The highest BCUT2D eigenvalue weighted by Crippen LogP contribution is 2.35. The molecule has 0 saturated carbocycles. The third-order valence-electron chi connectivity index (χ3n) is 1.50. The van der Waals surface area contributed by atoms with Crippen LogP contribution in [0.25, 0.3) is 0 Å². The van der Waals surface area contributed by atoms with Crippen LogP contribution in [-0.4, -0.2) is 0 Å². The molecule has 0 amide bonds. The van der Waals surface area contributed by atoms with Crippen LogP contribution in [-0.2, 0) is 6.18 Å². The van der Waals surface area contributed by atoms with Crippen LogP contribution in [0.5, 0.6) is 0 Å². The minimum absolute atomic E-state index is 0.0475. The van der Waals surface area contributed by atoms with Crippen molar-refractivity contribution in [3.8, 4) is 0 Å². The van der Waals surface area contributed by atoms with E-state index < -0.39 is 11.7 Å². The summed E-state index contributed by atoms with van der Waals surface area (Å²) in [6, 6.07) is 3.35. The average Bonchev–Trinajstić information content (AvgIpc) is 2.03. The molecule has 5 N–H and O–H groups in total. The lowest BCUT2D eigenvalue weighted by molar-refractivity contribution is -0.136. The summed E-state index contributed by atoms with van der Waals surface area (Å²) in [5.41, 5.74) is 6.15. The smallest absolute Gasteiger partial charge is 0.399 e. The van der Waals surface area contributed by atoms with Gasteiger partial charge in [0.15, 0.2) is 0 Å². The molecule has 6 heteroatoms. The maximum absolute atomic E-state index is 12.3. The summed E-state index contributed by atoms with van der Waals surface area (Å²) in [4.78, 5) is 0. The topological polar surface area (TPSA) is 64.1 Å². The summed E-state index contributed by atoms with van der Waals surface area (Å²) in [5.74, 6) is 4.91. The summed E-state index contributed by atoms with van der Waals surface area (Å²) < 4.78 is 36.8. The molecule has 3 nitrogen and oxygen atoms in total. The second-order valence-electron chi connectivity index (χ2n) is 2.45. The van der Waals surface area contributed by atoms with Gasteiger partial charge < -0.3 is 11.2 Å². The van der Waals surface area contributed by atoms with E-state index in [1.807, 2.05) is 5.43 Å². The highest BCUT2D eigenvalue weighted by molar-refractivity contribution is 5.58. The predicted molar refractivity (Wildman–Crippen MR) is 43.7 cm³/mol. The van der Waals surface area contributed by atoms with Crippen LogP contribution < -0.4 is 17.0 Å². The maximum Gasteiger partial charge on any atom is 0.418 e. The highest BCUT2D eigenvalue weighted by atomic mass is 19.4. The van der Waals surface area contributed by atoms with Crippen LogP contribution in [0, 0.1) is 0 Å². The van der Waals surface area contributed by atoms with Gasteiger partial charge in [0, 0.05) is 5.69 Å². The number of hydrogen-bond donors (Lipinski definition) is 3. The van der Waals surface area contributed by atoms with Gasteiger partial charge in [-0.3, -0.25) is 5.84 Å². The van der Waals surface area contributed by atoms with Crippen LogP contribution in [0.1, 0.15) is 5.56 Å². The molecule has 0 spiro atoms. The van der Waals surface area contributed by atoms with E-state index in [-0.39, 0.29) is 11.4 Å². The summed E-state index contributed by atoms with van der Waals surface area (Å²) in [5, 5.41) is 0. The Balaban J connectivity index is 3.24. The fraction of sp³-hybridized carbons (Fsp3) is 0.143. The van der Waals surface area contributed by atoms with Crippen molar-refractivity contribution in [2.24, 2.45) is 5.84 Å². The summed E-state index contributed by atoms with van der Waals surface area (Å²) in [6.45, 7) is 0. The SMILES string of the molecule is NNc1ccc(N)cc1C(F)(F)F. The van der Waals surface area contributed by atoms with Crippen molar-refractivity contribution < 1.29 is 13.2 Å². The minimum atomic E-state index is -4.45. The van der Waals surface area contributed by atoms with Gasteiger partial charge in [-0.2, -0.15) is 13.2 Å². The molecular weight excluding hydrogens is 183 g/mol. The Bertz CT molecular complexity index is 308. The molecule has 0 aromatic heterocycles. The number of halogens is 3. The van der Waals surface area contributed by atoms with Gasteiger partial charge in [-0.05, 0) is 18.2 Å². The number of rotatable bonds is 1. The van der Waals surface area contributed by atoms with Crippen molar-refractivity contribution in [1.82, 2.24) is 0 Å². The Morgan fingerprint density at radius 3 is 2.31 bits per heavy atom. The fourth-order valence-electron chi connectivity index (χ4n) is 0.922. The molecule has 0 aliphatic rings. The average molecular weight is 191 g/mol. The number of benzene rings is 1. The van der Waals surface area contributed by atoms with Crippen molar-refractivity contribution in [3.05, 3.63) is 23.8 Å². The molecule has 0 unspecified atom stereocenters. The first-order valence-electron chi connectivity index (χ1n) is 3.38. The number of hydrazine groups is 1. The Hall–Kier alpha value is -1.43. The van der Waals surface area contributed by atoms with Gasteiger partial charge in [-0.15, -0.1) is 0 Å². The number of alkyl halides is 3. The Kier molecular flexibility index (Phi) is 2.33. The molecule has 0 heterocycles. The summed E-state index contributed by atoms with van der Waals surface area (Å²) in [7, 11) is 0. The molecule has 0 aliphatic heterocycles. The van der Waals surface area contributed by atoms with Gasteiger partial charge in [0.2, 0.25) is 0 Å². The first kappa shape index (κ1) is 9.66. The highest BCUT2D eigenvalue weighted by Gasteiger charge is 2.33. The van der Waals surface area contributed by atoms with Crippen molar-refractivity contribution in [2.75, 3.05) is 11.2 Å². The molecule has 0 fully saturated rings. The van der Waals surface area contributed by atoms with Crippen LogP contribution in [0.3, 0.4) is 0 Å². The number of hydrogen-bond acceptors (Lipinski definition) is 3. The Morgan fingerprint density at radius 1 is 1.23 bits per heavy atom. The lowest BCUT2D eigenvalue weighted by Crippen LogP contribution is -2.15. The Morgan fingerprint density at radius 2 is 1.85 bits per heavy atom. The Labute approximate surface area is 72.5 Å². The molecule has 1 aromatic carbocycles. The lowest BCUT2D eigenvalue weighted by Gasteiger charge is -2.12. The maximum atomic E-state index is 12.3. The van der Waals surface area contributed by atoms with E-state index in [9.17, 15) is 13.2 Å². The van der Waals surface area contributed by atoms with E-state index in [4.69, 9.17) is 11.6 Å². The normalized spacial score (nSPS) is 11.4. The quantitative estimate of drug-likeness (QED) is 0.358. The molecule has 0 saturated heterocycles. The van der Waals surface area contributed by atoms with Crippen molar-refractivity contribution in [2.45, 2.75) is 6.18 Å². The van der Waals surface area contributed by atoms with Gasteiger partial charge in [-0.1, -0.05) is 0 Å². The monoisotopic (exact) mass is 191 g/mol. The molecule has 0 aliphatic carbocycles. The van der Waals surface area contributed by atoms with Crippen molar-refractivity contribution in [3.63, 3.8) is 0 Å². The number of anilines is 2. The summed E-state index contributed by atoms with van der Waals surface area (Å²) in [6.07, 6.45) is -4.45. The van der Waals surface area contributed by atoms with Gasteiger partial charge in [0.05, 0.1) is 11.3 Å². The lowest BCUT2D eigenvalue weighted by atomic mass is 10.1. The zero-order chi connectivity index (χ0) is 10.1. The molecule has 72 valence electrons. The van der Waals surface area contributed by atoms with E-state index >= 15 is 0 Å². The van der Waals surface area contributed by atoms with E-state index in [1.54, 1.807) is 0 Å². The first-order valence-corrected chi connectivity index (χ1v) is 3.38. The van der Waals surface area contributed by atoms with E-state index in [0.29, 0.717) is 0 Å². The number of nitrogens with two attached hydrogens (primary N) is 2. The third kappa shape index (κ3) is 2.03. The molecule has 1 rings (SSSR count). The van der Waals surface area contributed by atoms with Gasteiger partial charge >= 0.3 is 6.18 Å². The van der Waals surface area contributed by atoms with Crippen LogP contribution in [0.15, 0.2) is 18.2 Å². The second kappa shape index (κ2) is 3.14. The van der Waals surface area contributed by atoms with E-state index in [1.165, 1.54) is 12.1 Å². The van der Waals surface area contributed by atoms with Crippen LogP contribution in [0.4, 0.5) is 24.5 Å². The van der Waals surface area contributed by atoms with E-state index in [2.05, 4.69) is 0 Å². The molecule has 0 bridgehead atoms. The largest absolute Gasteiger partial charge is 0.418 e.